The average molecular weight is 316 g/mol. The highest BCUT2D eigenvalue weighted by Crippen LogP contribution is 2.07. The van der Waals surface area contributed by atoms with E-state index in [1.54, 1.807) is 6.08 Å². The maximum atomic E-state index is 12.2. The molecule has 1 amide bonds. The molecule has 126 valence electrons. The monoisotopic (exact) mass is 316 g/mol. The van der Waals surface area contributed by atoms with E-state index in [9.17, 15) is 4.79 Å². The van der Waals surface area contributed by atoms with Crippen molar-refractivity contribution >= 4 is 11.9 Å². The Balaban J connectivity index is 2.75. The van der Waals surface area contributed by atoms with Crippen LogP contribution in [0, 0.1) is 0 Å². The zero-order chi connectivity index (χ0) is 17.1. The summed E-state index contributed by atoms with van der Waals surface area (Å²) >= 11 is 0. The van der Waals surface area contributed by atoms with E-state index in [2.05, 4.69) is 34.4 Å². The average Bonchev–Trinajstić information content (AvgIpc) is 2.57. The Morgan fingerprint density at radius 2 is 2.13 bits per heavy atom. The molecule has 5 nitrogen and oxygen atoms in total. The van der Waals surface area contributed by atoms with Gasteiger partial charge in [-0.1, -0.05) is 25.1 Å². The van der Waals surface area contributed by atoms with Crippen LogP contribution in [0.25, 0.3) is 0 Å². The van der Waals surface area contributed by atoms with Crippen LogP contribution in [0.15, 0.2) is 41.9 Å². The Labute approximate surface area is 139 Å². The van der Waals surface area contributed by atoms with Crippen molar-refractivity contribution in [2.24, 2.45) is 4.99 Å². The standard InChI is InChI=1S/C18H28N4O/c1-5-11-20-18(19-7-3)21-13-15-9-8-10-16(12-15)17(23)22-14(4)6-2/h5,8-10,12,14H,1,6-7,11,13H2,2-4H3,(H,22,23)(H2,19,20,21). The molecule has 1 unspecified atom stereocenters. The molecule has 0 aromatic heterocycles. The molecule has 0 aliphatic carbocycles. The fourth-order valence-corrected chi connectivity index (χ4v) is 1.90. The summed E-state index contributed by atoms with van der Waals surface area (Å²) in [7, 11) is 0. The molecule has 0 bridgehead atoms. The molecular formula is C18H28N4O. The number of rotatable bonds is 8. The van der Waals surface area contributed by atoms with Crippen LogP contribution in [0.5, 0.6) is 0 Å². The van der Waals surface area contributed by atoms with Crippen molar-refractivity contribution < 1.29 is 4.79 Å². The Kier molecular flexibility index (Phi) is 8.50. The maximum absolute atomic E-state index is 12.2. The van der Waals surface area contributed by atoms with Crippen LogP contribution >= 0.6 is 0 Å². The van der Waals surface area contributed by atoms with Gasteiger partial charge in [-0.15, -0.1) is 6.58 Å². The van der Waals surface area contributed by atoms with Gasteiger partial charge in [0.15, 0.2) is 5.96 Å². The molecule has 0 spiro atoms. The lowest BCUT2D eigenvalue weighted by Gasteiger charge is -2.12. The van der Waals surface area contributed by atoms with Gasteiger partial charge in [-0.05, 0) is 38.0 Å². The molecule has 3 N–H and O–H groups in total. The number of guanidine groups is 1. The third kappa shape index (κ3) is 7.00. The van der Waals surface area contributed by atoms with E-state index in [1.807, 2.05) is 38.1 Å². The summed E-state index contributed by atoms with van der Waals surface area (Å²) in [6, 6.07) is 7.75. The summed E-state index contributed by atoms with van der Waals surface area (Å²) in [6.45, 7) is 11.7. The summed E-state index contributed by atoms with van der Waals surface area (Å²) in [5.41, 5.74) is 1.67. The van der Waals surface area contributed by atoms with Gasteiger partial charge in [0.1, 0.15) is 0 Å². The fraction of sp³-hybridized carbons (Fsp3) is 0.444. The molecule has 0 saturated carbocycles. The predicted octanol–water partition coefficient (Wildman–Crippen LogP) is 2.46. The summed E-state index contributed by atoms with van der Waals surface area (Å²) < 4.78 is 0. The van der Waals surface area contributed by atoms with Gasteiger partial charge in [0, 0.05) is 24.7 Å². The molecular weight excluding hydrogens is 288 g/mol. The van der Waals surface area contributed by atoms with Crippen molar-refractivity contribution in [2.75, 3.05) is 13.1 Å². The Bertz CT molecular complexity index is 540. The molecule has 1 rings (SSSR count). The Morgan fingerprint density at radius 1 is 1.35 bits per heavy atom. The maximum Gasteiger partial charge on any atom is 0.251 e. The van der Waals surface area contributed by atoms with E-state index >= 15 is 0 Å². The minimum absolute atomic E-state index is 0.0399. The van der Waals surface area contributed by atoms with Gasteiger partial charge in [0.2, 0.25) is 0 Å². The SMILES string of the molecule is C=CCNC(=NCc1cccc(C(=O)NC(C)CC)c1)NCC. The molecule has 1 atom stereocenters. The van der Waals surface area contributed by atoms with Crippen LogP contribution in [0.1, 0.15) is 43.1 Å². The van der Waals surface area contributed by atoms with Gasteiger partial charge in [-0.2, -0.15) is 0 Å². The highest BCUT2D eigenvalue weighted by Gasteiger charge is 2.08. The van der Waals surface area contributed by atoms with Crippen LogP contribution in [0.2, 0.25) is 0 Å². The van der Waals surface area contributed by atoms with Crippen LogP contribution in [0.4, 0.5) is 0 Å². The molecule has 0 heterocycles. The van der Waals surface area contributed by atoms with Crippen LogP contribution in [-0.2, 0) is 6.54 Å². The first kappa shape index (κ1) is 18.7. The van der Waals surface area contributed by atoms with E-state index in [1.165, 1.54) is 0 Å². The number of carbonyl (C=O) groups is 1. The molecule has 5 heteroatoms. The van der Waals surface area contributed by atoms with Crippen LogP contribution in [-0.4, -0.2) is 31.0 Å². The van der Waals surface area contributed by atoms with E-state index in [0.717, 1.165) is 24.5 Å². The number of carbonyl (C=O) groups excluding carboxylic acids is 1. The van der Waals surface area contributed by atoms with Gasteiger partial charge < -0.3 is 16.0 Å². The largest absolute Gasteiger partial charge is 0.357 e. The highest BCUT2D eigenvalue weighted by atomic mass is 16.1. The number of nitrogens with one attached hydrogen (secondary N) is 3. The van der Waals surface area contributed by atoms with E-state index in [-0.39, 0.29) is 11.9 Å². The second-order valence-corrected chi connectivity index (χ2v) is 5.35. The Morgan fingerprint density at radius 3 is 2.78 bits per heavy atom. The highest BCUT2D eigenvalue weighted by molar-refractivity contribution is 5.94. The molecule has 0 aliphatic rings. The third-order valence-electron chi connectivity index (χ3n) is 3.36. The lowest BCUT2D eigenvalue weighted by Crippen LogP contribution is -2.37. The van der Waals surface area contributed by atoms with E-state index in [4.69, 9.17) is 0 Å². The summed E-state index contributed by atoms with van der Waals surface area (Å²) in [6.07, 6.45) is 2.70. The summed E-state index contributed by atoms with van der Waals surface area (Å²) in [5.74, 6) is 0.698. The number of amides is 1. The quantitative estimate of drug-likeness (QED) is 0.392. The first-order chi connectivity index (χ1) is 11.1. The summed E-state index contributed by atoms with van der Waals surface area (Å²) in [4.78, 5) is 16.7. The Hall–Kier alpha value is -2.30. The molecule has 0 radical (unpaired) electrons. The van der Waals surface area contributed by atoms with Gasteiger partial charge in [-0.3, -0.25) is 4.79 Å². The minimum Gasteiger partial charge on any atom is -0.357 e. The van der Waals surface area contributed by atoms with Crippen LogP contribution < -0.4 is 16.0 Å². The molecule has 23 heavy (non-hydrogen) atoms. The topological polar surface area (TPSA) is 65.5 Å². The molecule has 0 fully saturated rings. The fourth-order valence-electron chi connectivity index (χ4n) is 1.90. The minimum atomic E-state index is -0.0399. The second kappa shape index (κ2) is 10.4. The lowest BCUT2D eigenvalue weighted by molar-refractivity contribution is 0.0939. The lowest BCUT2D eigenvalue weighted by atomic mass is 10.1. The van der Waals surface area contributed by atoms with Crippen molar-refractivity contribution in [3.63, 3.8) is 0 Å². The van der Waals surface area contributed by atoms with Crippen molar-refractivity contribution in [3.8, 4) is 0 Å². The molecule has 1 aromatic carbocycles. The zero-order valence-corrected chi connectivity index (χ0v) is 14.4. The molecule has 0 saturated heterocycles. The third-order valence-corrected chi connectivity index (χ3v) is 3.36. The van der Waals surface area contributed by atoms with Crippen LogP contribution in [0.3, 0.4) is 0 Å². The second-order valence-electron chi connectivity index (χ2n) is 5.35. The first-order valence-corrected chi connectivity index (χ1v) is 8.13. The van der Waals surface area contributed by atoms with Gasteiger partial charge in [0.25, 0.3) is 5.91 Å². The number of nitrogens with zero attached hydrogens (tertiary/aromatic N) is 1. The number of benzene rings is 1. The van der Waals surface area contributed by atoms with Crippen molar-refractivity contribution in [2.45, 2.75) is 39.8 Å². The normalized spacial score (nSPS) is 12.4. The van der Waals surface area contributed by atoms with Crippen molar-refractivity contribution in [1.29, 1.82) is 0 Å². The van der Waals surface area contributed by atoms with Gasteiger partial charge >= 0.3 is 0 Å². The first-order valence-electron chi connectivity index (χ1n) is 8.13. The number of hydrogen-bond acceptors (Lipinski definition) is 2. The van der Waals surface area contributed by atoms with Crippen molar-refractivity contribution in [3.05, 3.63) is 48.0 Å². The predicted molar refractivity (Wildman–Crippen MR) is 96.7 cm³/mol. The number of hydrogen-bond donors (Lipinski definition) is 3. The molecule has 1 aromatic rings. The van der Waals surface area contributed by atoms with Gasteiger partial charge in [-0.25, -0.2) is 4.99 Å². The number of aliphatic imine (C=N–C) groups is 1. The molecule has 0 aliphatic heterocycles. The smallest absolute Gasteiger partial charge is 0.251 e. The van der Waals surface area contributed by atoms with Gasteiger partial charge in [0.05, 0.1) is 6.54 Å². The zero-order valence-electron chi connectivity index (χ0n) is 14.4. The van der Waals surface area contributed by atoms with E-state index < -0.39 is 0 Å². The summed E-state index contributed by atoms with van der Waals surface area (Å²) in [5, 5.41) is 9.30. The van der Waals surface area contributed by atoms with Crippen molar-refractivity contribution in [1.82, 2.24) is 16.0 Å². The van der Waals surface area contributed by atoms with E-state index in [0.29, 0.717) is 18.7 Å².